The summed E-state index contributed by atoms with van der Waals surface area (Å²) < 4.78 is 14.0. The molecule has 1 amide bonds. The molecule has 4 rings (SSSR count). The molecule has 0 bridgehead atoms. The molecule has 1 saturated heterocycles. The minimum atomic E-state index is -0.464. The van der Waals surface area contributed by atoms with Gasteiger partial charge < -0.3 is 10.6 Å². The van der Waals surface area contributed by atoms with E-state index < -0.39 is 5.91 Å². The number of carbonyl (C=O) groups excluding carboxylic acids is 1. The summed E-state index contributed by atoms with van der Waals surface area (Å²) in [7, 11) is 0. The number of rotatable bonds is 4. The van der Waals surface area contributed by atoms with Crippen LogP contribution in [-0.2, 0) is 0 Å². The summed E-state index contributed by atoms with van der Waals surface area (Å²) in [6.07, 6.45) is 0. The minimum absolute atomic E-state index is 0.225. The lowest BCUT2D eigenvalue weighted by molar-refractivity contribution is 0.100. The summed E-state index contributed by atoms with van der Waals surface area (Å²) in [6, 6.07) is 19.8. The standard InChI is InChI=1S/C28H28FN3O/c1-20-5-3-8-26(21(20)2)31-15-17-32(18-16-31)27(24-6-4-7-25(29)19-24)14-11-22-9-12-23(13-10-22)28(30)33/h3-10,12-13,19,27H,15-18H2,1-2H3,(H2,30,33). The Labute approximate surface area is 194 Å². The number of hydrogen-bond acceptors (Lipinski definition) is 3. The molecular weight excluding hydrogens is 413 g/mol. The van der Waals surface area contributed by atoms with Crippen LogP contribution in [0, 0.1) is 31.5 Å². The van der Waals surface area contributed by atoms with Gasteiger partial charge in [-0.15, -0.1) is 0 Å². The van der Waals surface area contributed by atoms with Crippen LogP contribution in [-0.4, -0.2) is 37.0 Å². The Balaban J connectivity index is 1.56. The highest BCUT2D eigenvalue weighted by atomic mass is 19.1. The van der Waals surface area contributed by atoms with Crippen LogP contribution in [0.15, 0.2) is 66.7 Å². The lowest BCUT2D eigenvalue weighted by atomic mass is 10.0. The summed E-state index contributed by atoms with van der Waals surface area (Å²) in [6.45, 7) is 7.71. The maximum Gasteiger partial charge on any atom is 0.248 e. The van der Waals surface area contributed by atoms with Crippen LogP contribution in [0.2, 0.25) is 0 Å². The van der Waals surface area contributed by atoms with Crippen molar-refractivity contribution in [1.29, 1.82) is 0 Å². The third-order valence-corrected chi connectivity index (χ3v) is 6.28. The van der Waals surface area contributed by atoms with Crippen molar-refractivity contribution in [3.63, 3.8) is 0 Å². The first-order valence-electron chi connectivity index (χ1n) is 11.1. The van der Waals surface area contributed by atoms with Crippen molar-refractivity contribution < 1.29 is 9.18 Å². The summed E-state index contributed by atoms with van der Waals surface area (Å²) in [5.41, 5.74) is 11.3. The zero-order valence-corrected chi connectivity index (χ0v) is 19.0. The number of nitrogens with two attached hydrogens (primary N) is 1. The number of primary amides is 1. The SMILES string of the molecule is Cc1cccc(N2CCN(C(C#Cc3ccc(C(N)=O)cc3)c3cccc(F)c3)CC2)c1C. The van der Waals surface area contributed by atoms with Gasteiger partial charge in [-0.3, -0.25) is 9.69 Å². The second kappa shape index (κ2) is 9.89. The zero-order valence-electron chi connectivity index (χ0n) is 19.0. The Morgan fingerprint density at radius 1 is 0.970 bits per heavy atom. The second-order valence-corrected chi connectivity index (χ2v) is 8.41. The largest absolute Gasteiger partial charge is 0.369 e. The molecule has 0 aliphatic carbocycles. The molecule has 1 fully saturated rings. The number of anilines is 1. The quantitative estimate of drug-likeness (QED) is 0.609. The summed E-state index contributed by atoms with van der Waals surface area (Å²) >= 11 is 0. The first kappa shape index (κ1) is 22.6. The number of aryl methyl sites for hydroxylation is 1. The maximum atomic E-state index is 14.0. The lowest BCUT2D eigenvalue weighted by Gasteiger charge is -2.39. The Kier molecular flexibility index (Phi) is 6.76. The van der Waals surface area contributed by atoms with E-state index in [1.54, 1.807) is 36.4 Å². The number of carbonyl (C=O) groups is 1. The van der Waals surface area contributed by atoms with Crippen molar-refractivity contribution >= 4 is 11.6 Å². The van der Waals surface area contributed by atoms with E-state index in [0.29, 0.717) is 5.56 Å². The van der Waals surface area contributed by atoms with Gasteiger partial charge >= 0.3 is 0 Å². The highest BCUT2D eigenvalue weighted by Crippen LogP contribution is 2.27. The third-order valence-electron chi connectivity index (χ3n) is 6.28. The monoisotopic (exact) mass is 441 g/mol. The van der Waals surface area contributed by atoms with Gasteiger partial charge in [0.1, 0.15) is 5.82 Å². The molecule has 33 heavy (non-hydrogen) atoms. The first-order valence-corrected chi connectivity index (χ1v) is 11.1. The molecule has 1 atom stereocenters. The molecular formula is C28H28FN3O. The third kappa shape index (κ3) is 5.24. The molecule has 2 N–H and O–H groups in total. The van der Waals surface area contributed by atoms with Gasteiger partial charge in [0.2, 0.25) is 5.91 Å². The molecule has 1 aliphatic heterocycles. The van der Waals surface area contributed by atoms with Crippen LogP contribution in [0.1, 0.15) is 38.7 Å². The van der Waals surface area contributed by atoms with E-state index in [1.165, 1.54) is 22.9 Å². The van der Waals surface area contributed by atoms with Crippen LogP contribution in [0.25, 0.3) is 0 Å². The van der Waals surface area contributed by atoms with Crippen LogP contribution in [0.3, 0.4) is 0 Å². The Hall–Kier alpha value is -3.62. The molecule has 0 saturated carbocycles. The molecule has 1 heterocycles. The molecule has 0 radical (unpaired) electrons. The molecule has 1 aliphatic rings. The molecule has 4 nitrogen and oxygen atoms in total. The molecule has 168 valence electrons. The van der Waals surface area contributed by atoms with Gasteiger partial charge in [0.05, 0.1) is 6.04 Å². The molecule has 3 aromatic rings. The highest BCUT2D eigenvalue weighted by molar-refractivity contribution is 5.92. The van der Waals surface area contributed by atoms with Crippen molar-refractivity contribution in [2.24, 2.45) is 5.73 Å². The molecule has 1 unspecified atom stereocenters. The van der Waals surface area contributed by atoms with Gasteiger partial charge in [-0.05, 0) is 73.0 Å². The fourth-order valence-electron chi connectivity index (χ4n) is 4.23. The van der Waals surface area contributed by atoms with E-state index in [4.69, 9.17) is 5.73 Å². The molecule has 3 aromatic carbocycles. The summed E-state index contributed by atoms with van der Waals surface area (Å²) in [4.78, 5) is 16.0. The van der Waals surface area contributed by atoms with Gasteiger partial charge in [-0.2, -0.15) is 0 Å². The first-order chi connectivity index (χ1) is 15.9. The van der Waals surface area contributed by atoms with Gasteiger partial charge in [0, 0.05) is 43.0 Å². The smallest absolute Gasteiger partial charge is 0.248 e. The van der Waals surface area contributed by atoms with Crippen molar-refractivity contribution in [2.75, 3.05) is 31.1 Å². The van der Waals surface area contributed by atoms with E-state index in [2.05, 4.69) is 53.7 Å². The van der Waals surface area contributed by atoms with Crippen molar-refractivity contribution in [3.05, 3.63) is 100 Å². The highest BCUT2D eigenvalue weighted by Gasteiger charge is 2.25. The van der Waals surface area contributed by atoms with Gasteiger partial charge in [-0.1, -0.05) is 36.1 Å². The summed E-state index contributed by atoms with van der Waals surface area (Å²) in [5.74, 6) is 5.82. The average molecular weight is 442 g/mol. The number of amides is 1. The number of hydrogen-bond donors (Lipinski definition) is 1. The fraction of sp³-hybridized carbons (Fsp3) is 0.250. The van der Waals surface area contributed by atoms with Crippen LogP contribution >= 0.6 is 0 Å². The number of halogens is 1. The van der Waals surface area contributed by atoms with Crippen LogP contribution in [0.4, 0.5) is 10.1 Å². The Morgan fingerprint density at radius 3 is 2.33 bits per heavy atom. The van der Waals surface area contributed by atoms with E-state index in [1.807, 2.05) is 6.07 Å². The molecule has 5 heteroatoms. The van der Waals surface area contributed by atoms with Crippen molar-refractivity contribution in [2.45, 2.75) is 19.9 Å². The van der Waals surface area contributed by atoms with Gasteiger partial charge in [0.15, 0.2) is 0 Å². The van der Waals surface area contributed by atoms with Crippen molar-refractivity contribution in [3.8, 4) is 11.8 Å². The fourth-order valence-corrected chi connectivity index (χ4v) is 4.23. The topological polar surface area (TPSA) is 49.6 Å². The van der Waals surface area contributed by atoms with Crippen LogP contribution < -0.4 is 10.6 Å². The Morgan fingerprint density at radius 2 is 1.67 bits per heavy atom. The number of piperazine rings is 1. The number of nitrogens with zero attached hydrogens (tertiary/aromatic N) is 2. The van der Waals surface area contributed by atoms with Gasteiger partial charge in [-0.25, -0.2) is 4.39 Å². The minimum Gasteiger partial charge on any atom is -0.369 e. The van der Waals surface area contributed by atoms with E-state index in [9.17, 15) is 9.18 Å². The van der Waals surface area contributed by atoms with Crippen molar-refractivity contribution in [1.82, 2.24) is 4.90 Å². The van der Waals surface area contributed by atoms with E-state index in [0.717, 1.165) is 37.3 Å². The predicted octanol–water partition coefficient (Wildman–Crippen LogP) is 4.46. The normalized spacial score (nSPS) is 14.9. The van der Waals surface area contributed by atoms with Crippen LogP contribution in [0.5, 0.6) is 0 Å². The second-order valence-electron chi connectivity index (χ2n) is 8.41. The predicted molar refractivity (Wildman–Crippen MR) is 131 cm³/mol. The lowest BCUT2D eigenvalue weighted by Crippen LogP contribution is -2.47. The van der Waals surface area contributed by atoms with E-state index >= 15 is 0 Å². The molecule has 0 aromatic heterocycles. The van der Waals surface area contributed by atoms with E-state index in [-0.39, 0.29) is 11.9 Å². The average Bonchev–Trinajstić information content (AvgIpc) is 2.82. The Bertz CT molecular complexity index is 1200. The maximum absolute atomic E-state index is 14.0. The zero-order chi connectivity index (χ0) is 23.4. The van der Waals surface area contributed by atoms with Gasteiger partial charge in [0.25, 0.3) is 0 Å². The summed E-state index contributed by atoms with van der Waals surface area (Å²) in [5, 5.41) is 0. The molecule has 0 spiro atoms. The number of benzene rings is 3.